The van der Waals surface area contributed by atoms with E-state index in [4.69, 9.17) is 19.3 Å². The second-order valence-corrected chi connectivity index (χ2v) is 18.7. The van der Waals surface area contributed by atoms with Gasteiger partial charge >= 0.3 is 24.3 Å². The van der Waals surface area contributed by atoms with Crippen molar-refractivity contribution in [3.05, 3.63) is 108 Å². The lowest BCUT2D eigenvalue weighted by Gasteiger charge is -2.19. The summed E-state index contributed by atoms with van der Waals surface area (Å²) in [5.74, 6) is -1.60. The summed E-state index contributed by atoms with van der Waals surface area (Å²) >= 11 is 0. The van der Waals surface area contributed by atoms with Crippen molar-refractivity contribution in [2.24, 2.45) is 29.6 Å². The van der Waals surface area contributed by atoms with E-state index in [2.05, 4.69) is 20.8 Å². The number of halogens is 6. The van der Waals surface area contributed by atoms with Gasteiger partial charge in [-0.25, -0.2) is 0 Å². The number of allylic oxidation sites excluding steroid dienone is 4. The van der Waals surface area contributed by atoms with E-state index in [1.807, 2.05) is 24.3 Å². The van der Waals surface area contributed by atoms with E-state index in [9.17, 15) is 66.6 Å². The topological polar surface area (TPSA) is 203 Å². The first kappa shape index (κ1) is 68.3. The van der Waals surface area contributed by atoms with Crippen LogP contribution in [0.4, 0.5) is 26.3 Å². The predicted octanol–water partition coefficient (Wildman–Crippen LogP) is 10.9. The molecular formula is C55H82F6O12. The molecule has 2 aliphatic rings. The van der Waals surface area contributed by atoms with Gasteiger partial charge in [-0.1, -0.05) is 96.4 Å². The number of aliphatic hydroxyl groups excluding tert-OH is 6. The molecule has 4 rings (SSSR count). The van der Waals surface area contributed by atoms with E-state index < -0.39 is 72.0 Å². The van der Waals surface area contributed by atoms with Crippen LogP contribution in [0.1, 0.15) is 125 Å². The van der Waals surface area contributed by atoms with Crippen LogP contribution in [0.15, 0.2) is 97.1 Å². The van der Waals surface area contributed by atoms with Crippen molar-refractivity contribution < 1.29 is 85.9 Å². The number of esters is 1. The highest BCUT2D eigenvalue weighted by Crippen LogP contribution is 2.38. The van der Waals surface area contributed by atoms with Crippen molar-refractivity contribution in [2.75, 3.05) is 13.2 Å². The Morgan fingerprint density at radius 1 is 0.630 bits per heavy atom. The number of hydrogen-bond acceptors (Lipinski definition) is 11. The van der Waals surface area contributed by atoms with Gasteiger partial charge in [0.05, 0.1) is 41.6 Å². The van der Waals surface area contributed by atoms with Crippen molar-refractivity contribution >= 4 is 11.9 Å². The Hall–Kier alpha value is -4.72. The summed E-state index contributed by atoms with van der Waals surface area (Å²) in [5, 5.41) is 70.0. The van der Waals surface area contributed by atoms with Crippen molar-refractivity contribution in [3.63, 3.8) is 0 Å². The van der Waals surface area contributed by atoms with Gasteiger partial charge < -0.3 is 50.0 Å². The highest BCUT2D eigenvalue weighted by Gasteiger charge is 2.40. The van der Waals surface area contributed by atoms with Gasteiger partial charge in [0.25, 0.3) is 0 Å². The molecule has 0 saturated heterocycles. The molecule has 10 atom stereocenters. The molecule has 7 N–H and O–H groups in total. The Bertz CT molecular complexity index is 1960. The average molecular weight is 1050 g/mol. The molecule has 0 aliphatic heterocycles. The fourth-order valence-corrected chi connectivity index (χ4v) is 7.72. The number of unbranched alkanes of at least 4 members (excludes halogenated alkanes) is 2. The summed E-state index contributed by atoms with van der Waals surface area (Å²) in [6.45, 7) is 9.57. The van der Waals surface area contributed by atoms with E-state index in [0.717, 1.165) is 30.2 Å². The van der Waals surface area contributed by atoms with E-state index in [1.54, 1.807) is 26.0 Å². The summed E-state index contributed by atoms with van der Waals surface area (Å²) in [6, 6.07) is 8.76. The lowest BCUT2D eigenvalue weighted by molar-refractivity contribution is -0.147. The minimum absolute atomic E-state index is 0. The number of rotatable bonds is 23. The zero-order chi connectivity index (χ0) is 53.3. The van der Waals surface area contributed by atoms with Gasteiger partial charge in [-0.15, -0.1) is 0 Å². The van der Waals surface area contributed by atoms with Crippen LogP contribution in [0, 0.1) is 29.6 Å². The summed E-state index contributed by atoms with van der Waals surface area (Å²) in [6.07, 6.45) is 3.57. The zero-order valence-electron chi connectivity index (χ0n) is 41.1. The van der Waals surface area contributed by atoms with Gasteiger partial charge in [-0.3, -0.25) is 9.59 Å². The Morgan fingerprint density at radius 2 is 1.01 bits per heavy atom. The summed E-state index contributed by atoms with van der Waals surface area (Å²) in [7, 11) is 0. The number of alkyl halides is 6. The molecule has 0 heterocycles. The van der Waals surface area contributed by atoms with Crippen LogP contribution >= 0.6 is 0 Å². The van der Waals surface area contributed by atoms with Gasteiger partial charge in [0.2, 0.25) is 0 Å². The maximum absolute atomic E-state index is 12.8. The standard InChI is InChI=1S/C26H35F3O6.C23H29F3O6.C4H10.2CH4/c1-17(2)35-25(33)11-6-4-3-5-10-21-22(24(32)15-23(21)31)13-12-19(30)16-34-20-9-7-8-18(14-20)26(27,28)29;24-23(25,26)15-6-5-7-17(12-15)32-14-16(27)10-11-19-18(20(28)13-21(19)29)8-3-1-2-4-9-22(30)31;1-4(2)3;;/h3,5,7-9,12-14,17,19,21-24,30-32H,4,6,10-11,15-16H2,1-2H3;1,3,5-7,10-12,16,18-21,27-29H,2,4,8-9,13-14H2,(H,30,31);4H,1-3H3;2*1H4/b5-3-,13-12+;3-1-,11-10+;;;/t19-,21-,22-,23+,24-;16-,18-,19-,20+,21-;;;/m11.../s1. The first-order valence-electron chi connectivity index (χ1n) is 24.0. The number of carbonyl (C=O) groups excluding carboxylic acids is 1. The fourth-order valence-electron chi connectivity index (χ4n) is 7.72. The molecule has 18 heteroatoms. The molecule has 2 aromatic carbocycles. The summed E-state index contributed by atoms with van der Waals surface area (Å²) < 4.78 is 92.3. The number of carbonyl (C=O) groups is 2. The number of ether oxygens (including phenoxy) is 3. The Morgan fingerprint density at radius 3 is 1.37 bits per heavy atom. The summed E-state index contributed by atoms with van der Waals surface area (Å²) in [5.41, 5.74) is -1.68. The highest BCUT2D eigenvalue weighted by molar-refractivity contribution is 5.69. The number of aliphatic carboxylic acids is 1. The molecule has 2 saturated carbocycles. The van der Waals surface area contributed by atoms with E-state index in [-0.39, 0.29) is 88.7 Å². The zero-order valence-corrected chi connectivity index (χ0v) is 41.1. The molecule has 0 bridgehead atoms. The molecule has 0 spiro atoms. The first-order valence-corrected chi connectivity index (χ1v) is 24.0. The maximum atomic E-state index is 12.8. The number of aliphatic hydroxyl groups is 6. The molecule has 0 aromatic heterocycles. The minimum atomic E-state index is -4.49. The van der Waals surface area contributed by atoms with Crippen LogP contribution in [-0.4, -0.2) is 104 Å². The van der Waals surface area contributed by atoms with Crippen LogP contribution in [0.3, 0.4) is 0 Å². The van der Waals surface area contributed by atoms with Crippen LogP contribution in [0.25, 0.3) is 0 Å². The van der Waals surface area contributed by atoms with Gasteiger partial charge in [-0.2, -0.15) is 26.3 Å². The number of hydrogen-bond donors (Lipinski definition) is 7. The van der Waals surface area contributed by atoms with Crippen molar-refractivity contribution in [1.29, 1.82) is 0 Å². The van der Waals surface area contributed by atoms with Crippen LogP contribution in [0.2, 0.25) is 0 Å². The number of carboxylic acids is 1. The van der Waals surface area contributed by atoms with Crippen molar-refractivity contribution in [3.8, 4) is 11.5 Å². The third kappa shape index (κ3) is 28.0. The third-order valence-electron chi connectivity index (χ3n) is 11.1. The van der Waals surface area contributed by atoms with Crippen LogP contribution < -0.4 is 9.47 Å². The Balaban J connectivity index is 0.00000129. The number of carboxylic acid groups (broad SMARTS) is 1. The van der Waals surface area contributed by atoms with Gasteiger partial charge in [0, 0.05) is 37.5 Å². The van der Waals surface area contributed by atoms with Crippen molar-refractivity contribution in [2.45, 2.75) is 169 Å². The summed E-state index contributed by atoms with van der Waals surface area (Å²) in [4.78, 5) is 22.0. The highest BCUT2D eigenvalue weighted by atomic mass is 19.4. The van der Waals surface area contributed by atoms with E-state index >= 15 is 0 Å². The molecule has 0 radical (unpaired) electrons. The van der Waals surface area contributed by atoms with Crippen LogP contribution in [0.5, 0.6) is 11.5 Å². The molecular weight excluding hydrogens is 967 g/mol. The van der Waals surface area contributed by atoms with Gasteiger partial charge in [0.15, 0.2) is 0 Å². The maximum Gasteiger partial charge on any atom is 0.416 e. The van der Waals surface area contributed by atoms with E-state index in [1.165, 1.54) is 36.4 Å². The van der Waals surface area contributed by atoms with Gasteiger partial charge in [-0.05, 0) is 107 Å². The monoisotopic (exact) mass is 1050 g/mol. The molecule has 12 nitrogen and oxygen atoms in total. The Labute approximate surface area is 428 Å². The third-order valence-corrected chi connectivity index (χ3v) is 11.1. The lowest BCUT2D eigenvalue weighted by atomic mass is 9.89. The normalized spacial score (nSPS) is 22.9. The fraction of sp³-hybridized carbons (Fsp3) is 0.600. The van der Waals surface area contributed by atoms with E-state index in [0.29, 0.717) is 44.9 Å². The smallest absolute Gasteiger partial charge is 0.416 e. The molecule has 2 aromatic rings. The quantitative estimate of drug-likeness (QED) is 0.0241. The predicted molar refractivity (Wildman–Crippen MR) is 269 cm³/mol. The minimum Gasteiger partial charge on any atom is -0.491 e. The molecule has 0 amide bonds. The van der Waals surface area contributed by atoms with Crippen LogP contribution in [-0.2, 0) is 26.7 Å². The molecule has 73 heavy (non-hydrogen) atoms. The average Bonchev–Trinajstić information content (AvgIpc) is 3.71. The lowest BCUT2D eigenvalue weighted by Crippen LogP contribution is -2.21. The molecule has 0 unspecified atom stereocenters. The second-order valence-electron chi connectivity index (χ2n) is 18.7. The Kier molecular flexibility index (Phi) is 32.5. The van der Waals surface area contributed by atoms with Gasteiger partial charge in [0.1, 0.15) is 36.9 Å². The van der Waals surface area contributed by atoms with Crippen molar-refractivity contribution in [1.82, 2.24) is 0 Å². The first-order chi connectivity index (χ1) is 33.3. The second kappa shape index (κ2) is 34.7. The molecule has 2 aliphatic carbocycles. The SMILES string of the molecule is C.C.CC(C)C.CC(C)OC(=O)CCC/C=C\C[C@@H]1[C@@H](/C=C/[C@@H](O)COc2cccc(C(F)(F)F)c2)[C@H](O)C[C@@H]1O.O=C(O)CCC/C=C\C[C@@H]1[C@@H](/C=C/[C@@H](O)COc2cccc(C(F)(F)F)c2)[C@H](O)C[C@@H]1O. The largest absolute Gasteiger partial charge is 0.491 e. The number of benzene rings is 2. The molecule has 416 valence electrons. The molecule has 2 fully saturated rings.